The number of carbonyl (C=O) groups is 1. The first kappa shape index (κ1) is 11.2. The van der Waals surface area contributed by atoms with Crippen molar-refractivity contribution in [3.63, 3.8) is 0 Å². The number of carboxylic acids is 1. The number of imidazole rings is 1. The van der Waals surface area contributed by atoms with Crippen molar-refractivity contribution < 1.29 is 14.6 Å². The van der Waals surface area contributed by atoms with E-state index in [9.17, 15) is 4.79 Å². The van der Waals surface area contributed by atoms with E-state index in [0.29, 0.717) is 11.8 Å². The first-order valence-corrected chi connectivity index (χ1v) is 5.07. The van der Waals surface area contributed by atoms with Crippen molar-refractivity contribution in [2.75, 3.05) is 0 Å². The lowest BCUT2D eigenvalue weighted by molar-refractivity contribution is 0.0697. The highest BCUT2D eigenvalue weighted by Gasteiger charge is 2.08. The standard InChI is InChI=1S/C12H12N2O3/c1-8-7-9(11(15)16)3-4-10(8)17-12-13-5-6-14(12)2/h3-7H,1-2H3,(H,15,16). The molecule has 0 radical (unpaired) electrons. The van der Waals surface area contributed by atoms with Gasteiger partial charge in [0.1, 0.15) is 5.75 Å². The number of nitrogens with zero attached hydrogens (tertiary/aromatic N) is 2. The molecule has 88 valence electrons. The first-order chi connectivity index (χ1) is 8.08. The van der Waals surface area contributed by atoms with Gasteiger partial charge < -0.3 is 14.4 Å². The summed E-state index contributed by atoms with van der Waals surface area (Å²) in [5.41, 5.74) is 1.00. The summed E-state index contributed by atoms with van der Waals surface area (Å²) in [6.07, 6.45) is 3.41. The summed E-state index contributed by atoms with van der Waals surface area (Å²) in [4.78, 5) is 14.8. The largest absolute Gasteiger partial charge is 0.478 e. The zero-order chi connectivity index (χ0) is 12.4. The Kier molecular flexibility index (Phi) is 2.82. The van der Waals surface area contributed by atoms with Crippen LogP contribution in [-0.2, 0) is 7.05 Å². The third kappa shape index (κ3) is 2.28. The molecular weight excluding hydrogens is 220 g/mol. The van der Waals surface area contributed by atoms with Gasteiger partial charge in [0.2, 0.25) is 0 Å². The van der Waals surface area contributed by atoms with Gasteiger partial charge in [-0.05, 0) is 30.7 Å². The minimum Gasteiger partial charge on any atom is -0.478 e. The quantitative estimate of drug-likeness (QED) is 0.881. The summed E-state index contributed by atoms with van der Waals surface area (Å²) in [6, 6.07) is 5.18. The van der Waals surface area contributed by atoms with Gasteiger partial charge in [-0.1, -0.05) is 0 Å². The molecule has 0 atom stereocenters. The van der Waals surface area contributed by atoms with Crippen molar-refractivity contribution in [2.24, 2.45) is 7.05 Å². The molecule has 0 bridgehead atoms. The van der Waals surface area contributed by atoms with Crippen molar-refractivity contribution in [3.05, 3.63) is 41.7 Å². The SMILES string of the molecule is Cc1cc(C(=O)O)ccc1Oc1nccn1C. The molecular formula is C12H12N2O3. The van der Waals surface area contributed by atoms with Crippen molar-refractivity contribution >= 4 is 5.97 Å². The Hall–Kier alpha value is -2.30. The Labute approximate surface area is 98.3 Å². The van der Waals surface area contributed by atoms with Crippen molar-refractivity contribution in [1.82, 2.24) is 9.55 Å². The second-order valence-corrected chi connectivity index (χ2v) is 3.71. The van der Waals surface area contributed by atoms with Gasteiger partial charge in [-0.25, -0.2) is 9.78 Å². The summed E-state index contributed by atoms with van der Waals surface area (Å²) >= 11 is 0. The third-order valence-electron chi connectivity index (χ3n) is 2.40. The topological polar surface area (TPSA) is 64.3 Å². The molecule has 0 aliphatic rings. The van der Waals surface area contributed by atoms with E-state index in [0.717, 1.165) is 5.56 Å². The van der Waals surface area contributed by atoms with Crippen LogP contribution in [0.5, 0.6) is 11.8 Å². The van der Waals surface area contributed by atoms with Gasteiger partial charge in [0, 0.05) is 19.4 Å². The molecule has 1 aromatic heterocycles. The third-order valence-corrected chi connectivity index (χ3v) is 2.40. The van der Waals surface area contributed by atoms with Crippen LogP contribution in [0.2, 0.25) is 0 Å². The molecule has 2 rings (SSSR count). The average molecular weight is 232 g/mol. The number of carboxylic acid groups (broad SMARTS) is 1. The van der Waals surface area contributed by atoms with Gasteiger partial charge in [0.25, 0.3) is 0 Å². The normalized spacial score (nSPS) is 10.2. The van der Waals surface area contributed by atoms with Crippen molar-refractivity contribution in [2.45, 2.75) is 6.92 Å². The Bertz CT molecular complexity index is 561. The maximum absolute atomic E-state index is 10.8. The zero-order valence-corrected chi connectivity index (χ0v) is 9.54. The number of aromatic carboxylic acids is 1. The van der Waals surface area contributed by atoms with Gasteiger partial charge in [0.05, 0.1) is 5.56 Å². The maximum Gasteiger partial charge on any atom is 0.335 e. The first-order valence-electron chi connectivity index (χ1n) is 5.07. The van der Waals surface area contributed by atoms with Crippen LogP contribution in [-0.4, -0.2) is 20.6 Å². The number of hydrogen-bond donors (Lipinski definition) is 1. The van der Waals surface area contributed by atoms with E-state index in [1.54, 1.807) is 36.0 Å². The lowest BCUT2D eigenvalue weighted by Crippen LogP contribution is -1.99. The lowest BCUT2D eigenvalue weighted by Gasteiger charge is -2.08. The van der Waals surface area contributed by atoms with Crippen molar-refractivity contribution in [3.8, 4) is 11.8 Å². The van der Waals surface area contributed by atoms with Crippen LogP contribution < -0.4 is 4.74 Å². The molecule has 1 heterocycles. The van der Waals surface area contributed by atoms with Gasteiger partial charge >= 0.3 is 12.0 Å². The van der Waals surface area contributed by atoms with Gasteiger partial charge in [-0.3, -0.25) is 0 Å². The fraction of sp³-hybridized carbons (Fsp3) is 0.167. The van der Waals surface area contributed by atoms with Gasteiger partial charge in [0.15, 0.2) is 0 Å². The molecule has 1 N–H and O–H groups in total. The molecule has 0 saturated heterocycles. The van der Waals surface area contributed by atoms with Crippen LogP contribution in [0, 0.1) is 6.92 Å². The number of hydrogen-bond acceptors (Lipinski definition) is 3. The summed E-state index contributed by atoms with van der Waals surface area (Å²) < 4.78 is 7.31. The van der Waals surface area contributed by atoms with Crippen molar-refractivity contribution in [1.29, 1.82) is 0 Å². The number of ether oxygens (including phenoxy) is 1. The highest BCUT2D eigenvalue weighted by molar-refractivity contribution is 5.88. The maximum atomic E-state index is 10.8. The molecule has 2 aromatic rings. The van der Waals surface area contributed by atoms with E-state index < -0.39 is 5.97 Å². The number of benzene rings is 1. The fourth-order valence-electron chi connectivity index (χ4n) is 1.45. The minimum atomic E-state index is -0.948. The number of aryl methyl sites for hydroxylation is 2. The Morgan fingerprint density at radius 2 is 2.24 bits per heavy atom. The van der Waals surface area contributed by atoms with E-state index in [2.05, 4.69) is 4.98 Å². The highest BCUT2D eigenvalue weighted by Crippen LogP contribution is 2.24. The molecule has 5 nitrogen and oxygen atoms in total. The van der Waals surface area contributed by atoms with Crippen LogP contribution in [0.3, 0.4) is 0 Å². The number of rotatable bonds is 3. The molecule has 17 heavy (non-hydrogen) atoms. The monoisotopic (exact) mass is 232 g/mol. The Morgan fingerprint density at radius 1 is 1.47 bits per heavy atom. The Balaban J connectivity index is 2.29. The summed E-state index contributed by atoms with van der Waals surface area (Å²) in [5.74, 6) is -0.346. The van der Waals surface area contributed by atoms with Gasteiger partial charge in [-0.15, -0.1) is 0 Å². The molecule has 1 aromatic carbocycles. The van der Waals surface area contributed by atoms with Crippen LogP contribution in [0.25, 0.3) is 0 Å². The summed E-state index contributed by atoms with van der Waals surface area (Å²) in [5, 5.41) is 8.84. The van der Waals surface area contributed by atoms with Crippen LogP contribution in [0.15, 0.2) is 30.6 Å². The minimum absolute atomic E-state index is 0.245. The van der Waals surface area contributed by atoms with E-state index in [1.165, 1.54) is 6.07 Å². The second kappa shape index (κ2) is 4.29. The van der Waals surface area contributed by atoms with Gasteiger partial charge in [-0.2, -0.15) is 0 Å². The second-order valence-electron chi connectivity index (χ2n) is 3.71. The Morgan fingerprint density at radius 3 is 2.76 bits per heavy atom. The predicted molar refractivity (Wildman–Crippen MR) is 61.4 cm³/mol. The molecule has 0 amide bonds. The molecule has 0 saturated carbocycles. The molecule has 0 aliphatic carbocycles. The average Bonchev–Trinajstić information content (AvgIpc) is 2.67. The zero-order valence-electron chi connectivity index (χ0n) is 9.54. The van der Waals surface area contributed by atoms with E-state index in [-0.39, 0.29) is 5.56 Å². The molecule has 0 aliphatic heterocycles. The molecule has 5 heteroatoms. The summed E-state index contributed by atoms with van der Waals surface area (Å²) in [6.45, 7) is 1.80. The predicted octanol–water partition coefficient (Wildman–Crippen LogP) is 2.22. The molecule has 0 fully saturated rings. The molecule has 0 spiro atoms. The fourth-order valence-corrected chi connectivity index (χ4v) is 1.45. The van der Waals surface area contributed by atoms with Crippen LogP contribution in [0.4, 0.5) is 0 Å². The van der Waals surface area contributed by atoms with E-state index in [1.807, 2.05) is 7.05 Å². The van der Waals surface area contributed by atoms with Crippen LogP contribution >= 0.6 is 0 Å². The molecule has 0 unspecified atom stereocenters. The number of aromatic nitrogens is 2. The smallest absolute Gasteiger partial charge is 0.335 e. The lowest BCUT2D eigenvalue weighted by atomic mass is 10.1. The van der Waals surface area contributed by atoms with Crippen LogP contribution in [0.1, 0.15) is 15.9 Å². The van der Waals surface area contributed by atoms with E-state index in [4.69, 9.17) is 9.84 Å². The van der Waals surface area contributed by atoms with E-state index >= 15 is 0 Å². The summed E-state index contributed by atoms with van der Waals surface area (Å²) in [7, 11) is 1.82. The highest BCUT2D eigenvalue weighted by atomic mass is 16.5.